The van der Waals surface area contributed by atoms with Gasteiger partial charge in [0.05, 0.1) is 0 Å². The van der Waals surface area contributed by atoms with Crippen LogP contribution >= 0.6 is 12.2 Å². The Labute approximate surface area is 95.6 Å². The van der Waals surface area contributed by atoms with Gasteiger partial charge in [0.1, 0.15) is 0 Å². The van der Waals surface area contributed by atoms with Crippen molar-refractivity contribution in [3.8, 4) is 0 Å². The van der Waals surface area contributed by atoms with E-state index in [0.29, 0.717) is 6.04 Å². The fraction of sp³-hybridized carbons (Fsp3) is 0.800. The quantitative estimate of drug-likeness (QED) is 0.649. The second-order valence-electron chi connectivity index (χ2n) is 4.22. The first-order chi connectivity index (χ1) is 7.16. The number of hydrogen-bond acceptors (Lipinski definition) is 2. The Kier molecular flexibility index (Phi) is 3.09. The summed E-state index contributed by atoms with van der Waals surface area (Å²) in [5.74, 6) is 0.163. The molecule has 0 unspecified atom stereocenters. The van der Waals surface area contributed by atoms with Gasteiger partial charge in [-0.1, -0.05) is 0 Å². The number of hydrogen-bond donors (Lipinski definition) is 1. The lowest BCUT2D eigenvalue weighted by molar-refractivity contribution is -0.130. The van der Waals surface area contributed by atoms with Crippen molar-refractivity contribution in [2.24, 2.45) is 0 Å². The van der Waals surface area contributed by atoms with E-state index in [4.69, 9.17) is 12.2 Å². The summed E-state index contributed by atoms with van der Waals surface area (Å²) in [6, 6.07) is 0.614. The van der Waals surface area contributed by atoms with Crippen LogP contribution in [0.1, 0.15) is 19.8 Å². The van der Waals surface area contributed by atoms with E-state index in [1.165, 1.54) is 12.8 Å². The maximum atomic E-state index is 11.1. The Morgan fingerprint density at radius 3 is 2.20 bits per heavy atom. The number of carbonyl (C=O) groups is 1. The summed E-state index contributed by atoms with van der Waals surface area (Å²) < 4.78 is 0. The van der Waals surface area contributed by atoms with Crippen LogP contribution in [0.2, 0.25) is 0 Å². The van der Waals surface area contributed by atoms with E-state index in [9.17, 15) is 4.79 Å². The van der Waals surface area contributed by atoms with Crippen molar-refractivity contribution in [1.82, 2.24) is 15.1 Å². The molecule has 0 spiro atoms. The first-order valence-corrected chi connectivity index (χ1v) is 5.88. The van der Waals surface area contributed by atoms with E-state index in [2.05, 4.69) is 10.2 Å². The van der Waals surface area contributed by atoms with Crippen LogP contribution in [0.15, 0.2) is 0 Å². The van der Waals surface area contributed by atoms with E-state index in [0.717, 1.165) is 31.3 Å². The number of amides is 1. The van der Waals surface area contributed by atoms with Gasteiger partial charge in [0.2, 0.25) is 5.91 Å². The van der Waals surface area contributed by atoms with E-state index < -0.39 is 0 Å². The van der Waals surface area contributed by atoms with Crippen LogP contribution in [0.5, 0.6) is 0 Å². The zero-order valence-electron chi connectivity index (χ0n) is 9.03. The van der Waals surface area contributed by atoms with Crippen LogP contribution in [0.25, 0.3) is 0 Å². The summed E-state index contributed by atoms with van der Waals surface area (Å²) in [6.45, 7) is 4.93. The molecule has 0 aromatic carbocycles. The molecule has 0 bridgehead atoms. The number of thiocarbonyl (C=S) groups is 1. The highest BCUT2D eigenvalue weighted by molar-refractivity contribution is 7.80. The molecule has 1 saturated heterocycles. The van der Waals surface area contributed by atoms with Crippen molar-refractivity contribution < 1.29 is 4.79 Å². The molecule has 0 radical (unpaired) electrons. The van der Waals surface area contributed by atoms with Gasteiger partial charge in [0.25, 0.3) is 0 Å². The summed E-state index contributed by atoms with van der Waals surface area (Å²) in [4.78, 5) is 15.2. The maximum absolute atomic E-state index is 11.1. The summed E-state index contributed by atoms with van der Waals surface area (Å²) in [5.41, 5.74) is 0. The zero-order chi connectivity index (χ0) is 10.8. The van der Waals surface area contributed by atoms with Crippen molar-refractivity contribution in [3.05, 3.63) is 0 Å². The Balaban J connectivity index is 1.76. The fourth-order valence-corrected chi connectivity index (χ4v) is 2.07. The molecule has 2 aliphatic rings. The molecular weight excluding hydrogens is 210 g/mol. The zero-order valence-corrected chi connectivity index (χ0v) is 9.85. The first kappa shape index (κ1) is 10.7. The van der Waals surface area contributed by atoms with Crippen LogP contribution in [0, 0.1) is 0 Å². The number of piperazine rings is 1. The lowest BCUT2D eigenvalue weighted by Crippen LogP contribution is -2.52. The second-order valence-corrected chi connectivity index (χ2v) is 4.60. The van der Waals surface area contributed by atoms with Crippen molar-refractivity contribution in [2.45, 2.75) is 25.8 Å². The van der Waals surface area contributed by atoms with Crippen LogP contribution in [-0.2, 0) is 4.79 Å². The van der Waals surface area contributed by atoms with Crippen molar-refractivity contribution in [2.75, 3.05) is 26.2 Å². The van der Waals surface area contributed by atoms with Gasteiger partial charge in [-0.25, -0.2) is 0 Å². The van der Waals surface area contributed by atoms with Gasteiger partial charge in [-0.3, -0.25) is 4.79 Å². The van der Waals surface area contributed by atoms with Crippen molar-refractivity contribution >= 4 is 23.2 Å². The molecule has 5 heteroatoms. The highest BCUT2D eigenvalue weighted by Gasteiger charge is 2.25. The summed E-state index contributed by atoms with van der Waals surface area (Å²) in [7, 11) is 0. The third kappa shape index (κ3) is 2.81. The molecule has 1 saturated carbocycles. The Bertz CT molecular complexity index is 270. The van der Waals surface area contributed by atoms with Gasteiger partial charge >= 0.3 is 0 Å². The smallest absolute Gasteiger partial charge is 0.219 e. The molecule has 1 N–H and O–H groups in total. The van der Waals surface area contributed by atoms with E-state index in [-0.39, 0.29) is 5.91 Å². The van der Waals surface area contributed by atoms with Gasteiger partial charge in [-0.2, -0.15) is 0 Å². The SMILES string of the molecule is CC(=O)N1CCN(C(=S)NC2CC2)CC1. The number of nitrogens with one attached hydrogen (secondary N) is 1. The lowest BCUT2D eigenvalue weighted by Gasteiger charge is -2.35. The normalized spacial score (nSPS) is 21.4. The Hall–Kier alpha value is -0.840. The van der Waals surface area contributed by atoms with Crippen LogP contribution in [-0.4, -0.2) is 53.0 Å². The predicted octanol–water partition coefficient (Wildman–Crippen LogP) is 0.187. The van der Waals surface area contributed by atoms with Gasteiger partial charge in [0, 0.05) is 39.1 Å². The number of carbonyl (C=O) groups excluding carboxylic acids is 1. The Morgan fingerprint density at radius 2 is 1.73 bits per heavy atom. The second kappa shape index (κ2) is 4.35. The maximum Gasteiger partial charge on any atom is 0.219 e. The van der Waals surface area contributed by atoms with Gasteiger partial charge in [-0.05, 0) is 25.1 Å². The molecule has 1 heterocycles. The minimum Gasteiger partial charge on any atom is -0.360 e. The van der Waals surface area contributed by atoms with Crippen LogP contribution in [0.3, 0.4) is 0 Å². The summed E-state index contributed by atoms with van der Waals surface area (Å²) >= 11 is 5.31. The summed E-state index contributed by atoms with van der Waals surface area (Å²) in [6.07, 6.45) is 2.49. The van der Waals surface area contributed by atoms with E-state index >= 15 is 0 Å². The van der Waals surface area contributed by atoms with E-state index in [1.54, 1.807) is 6.92 Å². The standard InChI is InChI=1S/C10H17N3OS/c1-8(14)12-4-6-13(7-5-12)10(15)11-9-2-3-9/h9H,2-7H2,1H3,(H,11,15). The average Bonchev–Trinajstić information content (AvgIpc) is 3.02. The molecule has 4 nitrogen and oxygen atoms in total. The van der Waals surface area contributed by atoms with E-state index in [1.807, 2.05) is 4.90 Å². The van der Waals surface area contributed by atoms with Gasteiger partial charge in [0.15, 0.2) is 5.11 Å². The molecule has 2 fully saturated rings. The third-order valence-electron chi connectivity index (χ3n) is 2.92. The topological polar surface area (TPSA) is 35.6 Å². The number of nitrogens with zero attached hydrogens (tertiary/aromatic N) is 2. The molecular formula is C10H17N3OS. The van der Waals surface area contributed by atoms with Gasteiger partial charge in [-0.15, -0.1) is 0 Å². The van der Waals surface area contributed by atoms with Gasteiger partial charge < -0.3 is 15.1 Å². The van der Waals surface area contributed by atoms with Crippen LogP contribution in [0.4, 0.5) is 0 Å². The predicted molar refractivity (Wildman–Crippen MR) is 62.6 cm³/mol. The fourth-order valence-electron chi connectivity index (χ4n) is 1.72. The molecule has 0 atom stereocenters. The average molecular weight is 227 g/mol. The lowest BCUT2D eigenvalue weighted by atomic mass is 10.3. The largest absolute Gasteiger partial charge is 0.360 e. The monoisotopic (exact) mass is 227 g/mol. The first-order valence-electron chi connectivity index (χ1n) is 5.48. The summed E-state index contributed by atoms with van der Waals surface area (Å²) in [5, 5.41) is 4.18. The Morgan fingerprint density at radius 1 is 1.20 bits per heavy atom. The van der Waals surface area contributed by atoms with Crippen LogP contribution < -0.4 is 5.32 Å². The molecule has 0 aromatic heterocycles. The highest BCUT2D eigenvalue weighted by Crippen LogP contribution is 2.19. The molecule has 84 valence electrons. The molecule has 15 heavy (non-hydrogen) atoms. The van der Waals surface area contributed by atoms with Crippen molar-refractivity contribution in [1.29, 1.82) is 0 Å². The molecule has 1 aliphatic carbocycles. The molecule has 2 rings (SSSR count). The minimum atomic E-state index is 0.163. The highest BCUT2D eigenvalue weighted by atomic mass is 32.1. The molecule has 1 amide bonds. The minimum absolute atomic E-state index is 0.163. The van der Waals surface area contributed by atoms with Crippen molar-refractivity contribution in [3.63, 3.8) is 0 Å². The molecule has 1 aliphatic heterocycles. The third-order valence-corrected chi connectivity index (χ3v) is 3.29. The number of rotatable bonds is 1. The molecule has 0 aromatic rings.